The molecule has 0 saturated carbocycles. The standard InChI is InChI=1S/C15H18Cl2N4OS/c1-3-5-13-19-20-15(21(13)4-2)23-9-14(22)18-12-7-10(16)6-11(17)8-12/h6-8H,3-5,9H2,1-2H3,(H,18,22). The lowest BCUT2D eigenvalue weighted by molar-refractivity contribution is -0.113. The number of hydrogen-bond acceptors (Lipinski definition) is 4. The summed E-state index contributed by atoms with van der Waals surface area (Å²) in [7, 11) is 0. The van der Waals surface area contributed by atoms with Crippen LogP contribution >= 0.6 is 35.0 Å². The molecule has 5 nitrogen and oxygen atoms in total. The quantitative estimate of drug-likeness (QED) is 0.736. The molecule has 0 saturated heterocycles. The molecule has 2 rings (SSSR count). The Morgan fingerprint density at radius 2 is 1.91 bits per heavy atom. The Bertz CT molecular complexity index is 670. The van der Waals surface area contributed by atoms with Gasteiger partial charge in [0.2, 0.25) is 5.91 Å². The summed E-state index contributed by atoms with van der Waals surface area (Å²) >= 11 is 13.2. The van der Waals surface area contributed by atoms with E-state index in [1.165, 1.54) is 11.8 Å². The van der Waals surface area contributed by atoms with Crippen molar-refractivity contribution in [3.8, 4) is 0 Å². The predicted octanol–water partition coefficient (Wildman–Crippen LogP) is 4.29. The van der Waals surface area contributed by atoms with Gasteiger partial charge in [-0.3, -0.25) is 4.79 Å². The number of aryl methyl sites for hydroxylation is 1. The molecule has 0 radical (unpaired) electrons. The highest BCUT2D eigenvalue weighted by molar-refractivity contribution is 7.99. The van der Waals surface area contributed by atoms with E-state index in [0.29, 0.717) is 15.7 Å². The van der Waals surface area contributed by atoms with Crippen molar-refractivity contribution >= 4 is 46.6 Å². The molecule has 23 heavy (non-hydrogen) atoms. The number of carbonyl (C=O) groups excluding carboxylic acids is 1. The Hall–Kier alpha value is -1.24. The first kappa shape index (κ1) is 18.1. The first-order valence-electron chi connectivity index (χ1n) is 7.34. The molecule has 0 spiro atoms. The van der Waals surface area contributed by atoms with Crippen LogP contribution in [0.5, 0.6) is 0 Å². The van der Waals surface area contributed by atoms with Crippen LogP contribution in [0.15, 0.2) is 23.4 Å². The largest absolute Gasteiger partial charge is 0.325 e. The molecule has 0 unspecified atom stereocenters. The molecule has 2 aromatic rings. The molecule has 1 aromatic heterocycles. The molecule has 124 valence electrons. The second kappa shape index (κ2) is 8.57. The number of halogens is 2. The summed E-state index contributed by atoms with van der Waals surface area (Å²) in [5, 5.41) is 12.9. The van der Waals surface area contributed by atoms with Crippen molar-refractivity contribution < 1.29 is 4.79 Å². The number of thioether (sulfide) groups is 1. The van der Waals surface area contributed by atoms with Crippen LogP contribution in [0.2, 0.25) is 10.0 Å². The molecule has 0 aliphatic heterocycles. The second-order valence-corrected chi connectivity index (χ2v) is 6.70. The Morgan fingerprint density at radius 3 is 2.52 bits per heavy atom. The number of nitrogens with one attached hydrogen (secondary N) is 1. The third-order valence-electron chi connectivity index (χ3n) is 3.06. The minimum atomic E-state index is -0.143. The molecule has 0 fully saturated rings. The third-order valence-corrected chi connectivity index (χ3v) is 4.47. The molecular formula is C15H18Cl2N4OS. The van der Waals surface area contributed by atoms with Crippen LogP contribution in [0.1, 0.15) is 26.1 Å². The van der Waals surface area contributed by atoms with Crippen LogP contribution in [0.4, 0.5) is 5.69 Å². The highest BCUT2D eigenvalue weighted by Crippen LogP contribution is 2.23. The van der Waals surface area contributed by atoms with E-state index in [9.17, 15) is 4.79 Å². The minimum absolute atomic E-state index is 0.143. The van der Waals surface area contributed by atoms with Gasteiger partial charge >= 0.3 is 0 Å². The van der Waals surface area contributed by atoms with Gasteiger partial charge in [-0.1, -0.05) is 41.9 Å². The van der Waals surface area contributed by atoms with Gasteiger partial charge in [-0.15, -0.1) is 10.2 Å². The van der Waals surface area contributed by atoms with Gasteiger partial charge in [-0.25, -0.2) is 0 Å². The number of anilines is 1. The number of amides is 1. The van der Waals surface area contributed by atoms with Crippen LogP contribution in [-0.2, 0) is 17.8 Å². The van der Waals surface area contributed by atoms with Crippen molar-refractivity contribution in [1.82, 2.24) is 14.8 Å². The first-order chi connectivity index (χ1) is 11.0. The van der Waals surface area contributed by atoms with Crippen molar-refractivity contribution in [2.75, 3.05) is 11.1 Å². The fraction of sp³-hybridized carbons (Fsp3) is 0.400. The molecule has 1 heterocycles. The molecule has 0 atom stereocenters. The third kappa shape index (κ3) is 5.12. The van der Waals surface area contributed by atoms with E-state index in [-0.39, 0.29) is 11.7 Å². The zero-order chi connectivity index (χ0) is 16.8. The Morgan fingerprint density at radius 1 is 1.22 bits per heavy atom. The van der Waals surface area contributed by atoms with Crippen molar-refractivity contribution in [2.45, 2.75) is 38.4 Å². The average Bonchev–Trinajstić information content (AvgIpc) is 2.86. The van der Waals surface area contributed by atoms with Crippen molar-refractivity contribution in [1.29, 1.82) is 0 Å². The maximum absolute atomic E-state index is 12.1. The van der Waals surface area contributed by atoms with Gasteiger partial charge in [0, 0.05) is 28.7 Å². The summed E-state index contributed by atoms with van der Waals surface area (Å²) in [4.78, 5) is 12.1. The van der Waals surface area contributed by atoms with Gasteiger partial charge in [0.15, 0.2) is 5.16 Å². The van der Waals surface area contributed by atoms with Crippen LogP contribution in [0, 0.1) is 0 Å². The normalized spacial score (nSPS) is 10.8. The summed E-state index contributed by atoms with van der Waals surface area (Å²) in [6.45, 7) is 4.93. The minimum Gasteiger partial charge on any atom is -0.325 e. The number of hydrogen-bond donors (Lipinski definition) is 1. The van der Waals surface area contributed by atoms with Gasteiger partial charge in [0.05, 0.1) is 5.75 Å². The van der Waals surface area contributed by atoms with Crippen molar-refractivity contribution in [3.63, 3.8) is 0 Å². The molecule has 1 N–H and O–H groups in total. The lowest BCUT2D eigenvalue weighted by Crippen LogP contribution is -2.14. The van der Waals surface area contributed by atoms with Crippen LogP contribution in [-0.4, -0.2) is 26.4 Å². The summed E-state index contributed by atoms with van der Waals surface area (Å²) < 4.78 is 2.04. The fourth-order valence-electron chi connectivity index (χ4n) is 2.11. The molecule has 1 aromatic carbocycles. The Balaban J connectivity index is 1.96. The van der Waals surface area contributed by atoms with Gasteiger partial charge in [0.25, 0.3) is 0 Å². The van der Waals surface area contributed by atoms with E-state index < -0.39 is 0 Å². The van der Waals surface area contributed by atoms with Gasteiger partial charge < -0.3 is 9.88 Å². The van der Waals surface area contributed by atoms with Crippen molar-refractivity contribution in [2.24, 2.45) is 0 Å². The second-order valence-electron chi connectivity index (χ2n) is 4.89. The Labute approximate surface area is 149 Å². The number of nitrogens with zero attached hydrogens (tertiary/aromatic N) is 3. The molecule has 1 amide bonds. The zero-order valence-electron chi connectivity index (χ0n) is 13.0. The predicted molar refractivity (Wildman–Crippen MR) is 95.5 cm³/mol. The lowest BCUT2D eigenvalue weighted by atomic mass is 10.3. The van der Waals surface area contributed by atoms with E-state index in [4.69, 9.17) is 23.2 Å². The lowest BCUT2D eigenvalue weighted by Gasteiger charge is -2.08. The number of carbonyl (C=O) groups is 1. The first-order valence-corrected chi connectivity index (χ1v) is 9.08. The topological polar surface area (TPSA) is 59.8 Å². The van der Waals surface area contributed by atoms with E-state index in [1.807, 2.05) is 11.5 Å². The SMILES string of the molecule is CCCc1nnc(SCC(=O)Nc2cc(Cl)cc(Cl)c2)n1CC. The van der Waals surface area contributed by atoms with Crippen molar-refractivity contribution in [3.05, 3.63) is 34.1 Å². The summed E-state index contributed by atoms with van der Waals surface area (Å²) in [6, 6.07) is 4.93. The van der Waals surface area contributed by atoms with Gasteiger partial charge in [-0.2, -0.15) is 0 Å². The van der Waals surface area contributed by atoms with Gasteiger partial charge in [0.1, 0.15) is 5.82 Å². The number of rotatable bonds is 7. The maximum atomic E-state index is 12.1. The van der Waals surface area contributed by atoms with E-state index in [2.05, 4.69) is 22.4 Å². The highest BCUT2D eigenvalue weighted by Gasteiger charge is 2.13. The molecule has 0 aliphatic rings. The van der Waals surface area contributed by atoms with Crippen LogP contribution in [0.25, 0.3) is 0 Å². The molecule has 0 aliphatic carbocycles. The summed E-state index contributed by atoms with van der Waals surface area (Å²) in [6.07, 6.45) is 1.90. The van der Waals surface area contributed by atoms with Crippen LogP contribution in [0.3, 0.4) is 0 Å². The maximum Gasteiger partial charge on any atom is 0.234 e. The number of benzene rings is 1. The average molecular weight is 373 g/mol. The summed E-state index contributed by atoms with van der Waals surface area (Å²) in [5.74, 6) is 1.06. The van der Waals surface area contributed by atoms with E-state index in [1.54, 1.807) is 18.2 Å². The number of aromatic nitrogens is 3. The van der Waals surface area contributed by atoms with Gasteiger partial charge in [-0.05, 0) is 31.5 Å². The fourth-order valence-corrected chi connectivity index (χ4v) is 3.45. The smallest absolute Gasteiger partial charge is 0.234 e. The molecule has 0 bridgehead atoms. The Kier molecular flexibility index (Phi) is 6.74. The monoisotopic (exact) mass is 372 g/mol. The molecule has 8 heteroatoms. The molecular weight excluding hydrogens is 355 g/mol. The van der Waals surface area contributed by atoms with E-state index in [0.717, 1.165) is 30.4 Å². The zero-order valence-corrected chi connectivity index (χ0v) is 15.3. The summed E-state index contributed by atoms with van der Waals surface area (Å²) in [5.41, 5.74) is 0.580. The van der Waals surface area contributed by atoms with Crippen LogP contribution < -0.4 is 5.32 Å². The van der Waals surface area contributed by atoms with E-state index >= 15 is 0 Å². The highest BCUT2D eigenvalue weighted by atomic mass is 35.5.